The molecular weight excluding hydrogens is 262 g/mol. The summed E-state index contributed by atoms with van der Waals surface area (Å²) in [6.45, 7) is 0. The Morgan fingerprint density at radius 2 is 1.95 bits per heavy atom. The Kier molecular flexibility index (Phi) is 2.49. The molecule has 1 N–H and O–H groups in total. The molecule has 0 radical (unpaired) electrons. The normalized spacial score (nSPS) is 29.8. The van der Waals surface area contributed by atoms with Crippen LogP contribution in [-0.4, -0.2) is 44.4 Å². The highest BCUT2D eigenvalue weighted by atomic mass is 16.7. The van der Waals surface area contributed by atoms with Gasteiger partial charge in [0.05, 0.1) is 9.85 Å². The average Bonchev–Trinajstić information content (AvgIpc) is 2.54. The fourth-order valence-corrected chi connectivity index (χ4v) is 2.07. The van der Waals surface area contributed by atoms with Crippen LogP contribution in [-0.2, 0) is 9.59 Å². The Bertz CT molecular complexity index is 593. The van der Waals surface area contributed by atoms with E-state index in [1.165, 1.54) is 0 Å². The Hall–Kier alpha value is -2.62. The SMILES string of the molecule is CN1C(=O)C2=CC([N+](=O)[O-])=CC(O)([N+](=O)[O-])C2C1=O. The molecule has 10 heteroatoms. The first-order valence-corrected chi connectivity index (χ1v) is 4.97. The third-order valence-electron chi connectivity index (χ3n) is 3.03. The summed E-state index contributed by atoms with van der Waals surface area (Å²) in [6.07, 6.45) is 1.14. The van der Waals surface area contributed by atoms with Gasteiger partial charge in [-0.3, -0.25) is 34.7 Å². The van der Waals surface area contributed by atoms with Gasteiger partial charge in [0.25, 0.3) is 11.6 Å². The van der Waals surface area contributed by atoms with Crippen molar-refractivity contribution in [1.82, 2.24) is 4.90 Å². The van der Waals surface area contributed by atoms with Crippen molar-refractivity contribution in [2.45, 2.75) is 5.72 Å². The molecule has 10 nitrogen and oxygen atoms in total. The van der Waals surface area contributed by atoms with Crippen molar-refractivity contribution in [2.24, 2.45) is 5.92 Å². The zero-order chi connectivity index (χ0) is 14.5. The standard InChI is InChI=1S/C9H7N3O7/c1-10-7(13)5-2-4(11(16)17)3-9(15,12(18)19)6(5)8(10)14/h2-3,6,15H,1H3. The molecule has 1 saturated heterocycles. The van der Waals surface area contributed by atoms with Gasteiger partial charge in [0, 0.05) is 18.7 Å². The van der Waals surface area contributed by atoms with Crippen LogP contribution < -0.4 is 0 Å². The van der Waals surface area contributed by atoms with Gasteiger partial charge < -0.3 is 5.11 Å². The van der Waals surface area contributed by atoms with Crippen LogP contribution in [0, 0.1) is 26.1 Å². The van der Waals surface area contributed by atoms with E-state index in [0.717, 1.165) is 13.1 Å². The van der Waals surface area contributed by atoms with Gasteiger partial charge in [-0.15, -0.1) is 0 Å². The molecule has 2 rings (SSSR count). The molecule has 0 saturated carbocycles. The van der Waals surface area contributed by atoms with E-state index in [9.17, 15) is 34.9 Å². The van der Waals surface area contributed by atoms with Gasteiger partial charge in [0.1, 0.15) is 6.08 Å². The van der Waals surface area contributed by atoms with Crippen LogP contribution >= 0.6 is 0 Å². The molecule has 100 valence electrons. The number of imide groups is 1. The number of hydrogen-bond acceptors (Lipinski definition) is 7. The molecule has 0 aromatic carbocycles. The molecule has 2 amide bonds. The zero-order valence-corrected chi connectivity index (χ0v) is 9.47. The molecule has 0 aromatic heterocycles. The van der Waals surface area contributed by atoms with E-state index >= 15 is 0 Å². The van der Waals surface area contributed by atoms with E-state index in [4.69, 9.17) is 0 Å². The van der Waals surface area contributed by atoms with Gasteiger partial charge in [-0.1, -0.05) is 0 Å². The number of hydrogen-bond donors (Lipinski definition) is 1. The summed E-state index contributed by atoms with van der Waals surface area (Å²) in [4.78, 5) is 43.4. The fraction of sp³-hybridized carbons (Fsp3) is 0.333. The van der Waals surface area contributed by atoms with Gasteiger partial charge in [-0.05, 0) is 0 Å². The lowest BCUT2D eigenvalue weighted by Crippen LogP contribution is -2.49. The van der Waals surface area contributed by atoms with Gasteiger partial charge in [0.15, 0.2) is 5.92 Å². The Morgan fingerprint density at radius 3 is 2.42 bits per heavy atom. The second-order valence-electron chi connectivity index (χ2n) is 4.10. The predicted octanol–water partition coefficient (Wildman–Crippen LogP) is -1.33. The second kappa shape index (κ2) is 3.68. The number of rotatable bonds is 2. The van der Waals surface area contributed by atoms with Crippen LogP contribution in [0.25, 0.3) is 0 Å². The maximum atomic E-state index is 11.7. The van der Waals surface area contributed by atoms with Crippen molar-refractivity contribution in [3.8, 4) is 0 Å². The molecule has 1 aliphatic carbocycles. The smallest absolute Gasteiger partial charge is 0.326 e. The van der Waals surface area contributed by atoms with Gasteiger partial charge >= 0.3 is 5.72 Å². The number of nitro groups is 2. The monoisotopic (exact) mass is 269 g/mol. The molecule has 19 heavy (non-hydrogen) atoms. The molecule has 1 aliphatic heterocycles. The minimum absolute atomic E-state index is 0.367. The third kappa shape index (κ3) is 1.53. The summed E-state index contributed by atoms with van der Waals surface area (Å²) >= 11 is 0. The van der Waals surface area contributed by atoms with Crippen molar-refractivity contribution in [2.75, 3.05) is 7.05 Å². The topological polar surface area (TPSA) is 144 Å². The van der Waals surface area contributed by atoms with E-state index in [1.54, 1.807) is 0 Å². The molecule has 2 unspecified atom stereocenters. The minimum atomic E-state index is -3.00. The third-order valence-corrected chi connectivity index (χ3v) is 3.03. The maximum Gasteiger partial charge on any atom is 0.365 e. The molecule has 0 aromatic rings. The number of likely N-dealkylation sites (N-methyl/N-ethyl adjacent to an activating group) is 1. The summed E-state index contributed by atoms with van der Waals surface area (Å²) in [7, 11) is 1.08. The van der Waals surface area contributed by atoms with E-state index in [1.807, 2.05) is 0 Å². The molecular formula is C9H7N3O7. The van der Waals surface area contributed by atoms with Gasteiger partial charge in [-0.25, -0.2) is 0 Å². The lowest BCUT2D eigenvalue weighted by atomic mass is 9.85. The van der Waals surface area contributed by atoms with Crippen LogP contribution in [0.4, 0.5) is 0 Å². The van der Waals surface area contributed by atoms with E-state index in [0.29, 0.717) is 11.0 Å². The summed E-state index contributed by atoms with van der Waals surface area (Å²) in [5.41, 5.74) is -4.26. The summed E-state index contributed by atoms with van der Waals surface area (Å²) in [5, 5.41) is 31.5. The van der Waals surface area contributed by atoms with E-state index in [2.05, 4.69) is 0 Å². The van der Waals surface area contributed by atoms with Crippen molar-refractivity contribution in [3.63, 3.8) is 0 Å². The van der Waals surface area contributed by atoms with E-state index in [-0.39, 0.29) is 0 Å². The van der Waals surface area contributed by atoms with Crippen LogP contribution in [0.15, 0.2) is 23.4 Å². The maximum absolute atomic E-state index is 11.7. The summed E-state index contributed by atoms with van der Waals surface area (Å²) in [6, 6.07) is 0. The summed E-state index contributed by atoms with van der Waals surface area (Å²) in [5.74, 6) is -3.64. The number of allylic oxidation sites excluding steroid dienone is 1. The predicted molar refractivity (Wildman–Crippen MR) is 56.4 cm³/mol. The second-order valence-corrected chi connectivity index (χ2v) is 4.10. The Morgan fingerprint density at radius 1 is 1.37 bits per heavy atom. The van der Waals surface area contributed by atoms with Crippen molar-refractivity contribution in [3.05, 3.63) is 43.7 Å². The fourth-order valence-electron chi connectivity index (χ4n) is 2.07. The van der Waals surface area contributed by atoms with Gasteiger partial charge in [-0.2, -0.15) is 0 Å². The number of aliphatic hydroxyl groups is 1. The number of nitrogens with zero attached hydrogens (tertiary/aromatic N) is 3. The molecule has 0 spiro atoms. The average molecular weight is 269 g/mol. The van der Waals surface area contributed by atoms with Crippen molar-refractivity contribution >= 4 is 11.8 Å². The van der Waals surface area contributed by atoms with Crippen LogP contribution in [0.3, 0.4) is 0 Å². The molecule has 1 fully saturated rings. The first-order valence-electron chi connectivity index (χ1n) is 4.97. The van der Waals surface area contributed by atoms with E-state index < -0.39 is 44.6 Å². The molecule has 2 aliphatic rings. The number of amides is 2. The van der Waals surface area contributed by atoms with Crippen molar-refractivity contribution < 1.29 is 24.5 Å². The number of fused-ring (bicyclic) bond motifs is 1. The first kappa shape index (κ1) is 12.8. The quantitative estimate of drug-likeness (QED) is 0.283. The zero-order valence-electron chi connectivity index (χ0n) is 9.47. The Labute approximate surface area is 104 Å². The highest BCUT2D eigenvalue weighted by Gasteiger charge is 2.63. The highest BCUT2D eigenvalue weighted by Crippen LogP contribution is 2.39. The van der Waals surface area contributed by atoms with Crippen LogP contribution in [0.1, 0.15) is 0 Å². The number of carbonyl (C=O) groups is 2. The van der Waals surface area contributed by atoms with Crippen LogP contribution in [0.5, 0.6) is 0 Å². The highest BCUT2D eigenvalue weighted by molar-refractivity contribution is 6.15. The number of carbonyl (C=O) groups excluding carboxylic acids is 2. The lowest BCUT2D eigenvalue weighted by Gasteiger charge is -2.22. The lowest BCUT2D eigenvalue weighted by molar-refractivity contribution is -0.615. The largest absolute Gasteiger partial charge is 0.365 e. The molecule has 2 atom stereocenters. The van der Waals surface area contributed by atoms with Gasteiger partial charge in [0.2, 0.25) is 5.91 Å². The molecule has 0 bridgehead atoms. The van der Waals surface area contributed by atoms with Crippen LogP contribution in [0.2, 0.25) is 0 Å². The minimum Gasteiger partial charge on any atom is -0.326 e. The number of likely N-dealkylation sites (tertiary alicyclic amines) is 1. The first-order chi connectivity index (χ1) is 8.70. The Balaban J connectivity index is 2.68. The molecule has 1 heterocycles. The summed E-state index contributed by atoms with van der Waals surface area (Å²) < 4.78 is 0. The van der Waals surface area contributed by atoms with Crippen molar-refractivity contribution in [1.29, 1.82) is 0 Å².